The van der Waals surface area contributed by atoms with Crippen LogP contribution in [0.15, 0.2) is 0 Å². The Morgan fingerprint density at radius 2 is 2.00 bits per heavy atom. The Morgan fingerprint density at radius 3 is 2.47 bits per heavy atom. The highest BCUT2D eigenvalue weighted by Crippen LogP contribution is 2.22. The van der Waals surface area contributed by atoms with E-state index in [4.69, 9.17) is 10.2 Å². The minimum atomic E-state index is -1.10. The van der Waals surface area contributed by atoms with Gasteiger partial charge in [-0.05, 0) is 0 Å². The molecule has 0 saturated carbocycles. The molecule has 7 nitrogen and oxygen atoms in total. The highest BCUT2D eigenvalue weighted by molar-refractivity contribution is 5.84. The van der Waals surface area contributed by atoms with Crippen LogP contribution in [0.4, 0.5) is 4.79 Å². The molecule has 0 aliphatic carbocycles. The highest BCUT2D eigenvalue weighted by atomic mass is 16.4. The second-order valence-corrected chi connectivity index (χ2v) is 3.33. The normalized spacial score (nSPS) is 14.1. The van der Waals surface area contributed by atoms with Crippen LogP contribution >= 0.6 is 0 Å². The zero-order valence-corrected chi connectivity index (χ0v) is 7.97. The number of imidazole rings is 1. The van der Waals surface area contributed by atoms with Crippen molar-refractivity contribution in [1.29, 1.82) is 0 Å². The molecule has 1 aliphatic heterocycles. The molecular weight excluding hydrogens is 202 g/mol. The predicted molar refractivity (Wildman–Crippen MR) is 47.4 cm³/mol. The van der Waals surface area contributed by atoms with E-state index in [1.165, 1.54) is 9.47 Å². The van der Waals surface area contributed by atoms with E-state index in [2.05, 4.69) is 4.98 Å². The highest BCUT2D eigenvalue weighted by Gasteiger charge is 2.29. The molecule has 7 heteroatoms. The molecule has 1 amide bonds. The van der Waals surface area contributed by atoms with E-state index >= 15 is 0 Å². The summed E-state index contributed by atoms with van der Waals surface area (Å²) in [5.74, 6) is -1.15. The largest absolute Gasteiger partial charge is 0.475 e. The van der Waals surface area contributed by atoms with Crippen LogP contribution < -0.4 is 0 Å². The van der Waals surface area contributed by atoms with Gasteiger partial charge >= 0.3 is 12.1 Å². The topological polar surface area (TPSA) is 95.7 Å². The van der Waals surface area contributed by atoms with Gasteiger partial charge in [-0.1, -0.05) is 0 Å². The lowest BCUT2D eigenvalue weighted by molar-refractivity contribution is 0.0678. The summed E-state index contributed by atoms with van der Waals surface area (Å²) in [5.41, 5.74) is 1.17. The third-order valence-electron chi connectivity index (χ3n) is 2.44. The molecule has 2 rings (SSSR count). The van der Waals surface area contributed by atoms with Crippen molar-refractivity contribution in [3.63, 3.8) is 0 Å². The molecule has 1 aromatic heterocycles. The lowest BCUT2D eigenvalue weighted by Crippen LogP contribution is -2.24. The van der Waals surface area contributed by atoms with E-state index < -0.39 is 12.1 Å². The average molecular weight is 211 g/mol. The van der Waals surface area contributed by atoms with Crippen molar-refractivity contribution < 1.29 is 19.8 Å². The van der Waals surface area contributed by atoms with Crippen molar-refractivity contribution in [1.82, 2.24) is 14.5 Å². The molecule has 2 N–H and O–H groups in total. The van der Waals surface area contributed by atoms with Crippen molar-refractivity contribution in [3.05, 3.63) is 17.2 Å². The fourth-order valence-corrected chi connectivity index (χ4v) is 1.66. The van der Waals surface area contributed by atoms with Gasteiger partial charge in [0, 0.05) is 7.05 Å². The first-order valence-electron chi connectivity index (χ1n) is 4.26. The summed E-state index contributed by atoms with van der Waals surface area (Å²) in [4.78, 5) is 26.5. The molecule has 80 valence electrons. The first kappa shape index (κ1) is 9.50. The van der Waals surface area contributed by atoms with Crippen LogP contribution in [0.5, 0.6) is 0 Å². The SMILES string of the molecule is Cn1c(C(=O)O)nc2c1CN(C(=O)O)C2. The molecule has 0 fully saturated rings. The van der Waals surface area contributed by atoms with Gasteiger partial charge in [-0.2, -0.15) is 0 Å². The van der Waals surface area contributed by atoms with Crippen LogP contribution in [0, 0.1) is 0 Å². The fourth-order valence-electron chi connectivity index (χ4n) is 1.66. The van der Waals surface area contributed by atoms with E-state index in [9.17, 15) is 9.59 Å². The number of rotatable bonds is 1. The third-order valence-corrected chi connectivity index (χ3v) is 2.44. The van der Waals surface area contributed by atoms with Crippen molar-refractivity contribution in [2.75, 3.05) is 0 Å². The second-order valence-electron chi connectivity index (χ2n) is 3.33. The summed E-state index contributed by atoms with van der Waals surface area (Å²) in [6.07, 6.45) is -1.02. The van der Waals surface area contributed by atoms with Gasteiger partial charge in [0.2, 0.25) is 5.82 Å². The molecule has 0 saturated heterocycles. The number of hydrogen-bond donors (Lipinski definition) is 2. The Balaban J connectivity index is 2.36. The number of carboxylic acid groups (broad SMARTS) is 2. The van der Waals surface area contributed by atoms with Gasteiger partial charge in [0.15, 0.2) is 0 Å². The van der Waals surface area contributed by atoms with E-state index in [0.29, 0.717) is 11.4 Å². The molecule has 0 unspecified atom stereocenters. The number of amides is 1. The van der Waals surface area contributed by atoms with Crippen LogP contribution in [0.1, 0.15) is 22.0 Å². The number of aromatic carboxylic acids is 1. The molecule has 0 atom stereocenters. The molecule has 1 aliphatic rings. The number of hydrogen-bond acceptors (Lipinski definition) is 3. The van der Waals surface area contributed by atoms with Crippen molar-refractivity contribution in [2.24, 2.45) is 7.05 Å². The fraction of sp³-hybridized carbons (Fsp3) is 0.375. The number of aromatic nitrogens is 2. The molecule has 0 aromatic carbocycles. The van der Waals surface area contributed by atoms with Gasteiger partial charge in [-0.25, -0.2) is 14.6 Å². The van der Waals surface area contributed by atoms with Crippen LogP contribution in [0.2, 0.25) is 0 Å². The quantitative estimate of drug-likeness (QED) is 0.687. The van der Waals surface area contributed by atoms with Crippen molar-refractivity contribution in [2.45, 2.75) is 13.1 Å². The molecule has 0 bridgehead atoms. The zero-order valence-electron chi connectivity index (χ0n) is 7.97. The Labute approximate surface area is 84.6 Å². The molecule has 1 aromatic rings. The van der Waals surface area contributed by atoms with Gasteiger partial charge < -0.3 is 14.8 Å². The standard InChI is InChI=1S/C8H9N3O4/c1-10-5-3-11(8(14)15)2-4(5)9-6(10)7(12)13/h2-3H2,1H3,(H,12,13)(H,14,15). The second kappa shape index (κ2) is 2.97. The van der Waals surface area contributed by atoms with Crippen molar-refractivity contribution >= 4 is 12.1 Å². The number of carboxylic acids is 1. The van der Waals surface area contributed by atoms with Crippen LogP contribution in [-0.4, -0.2) is 36.7 Å². The van der Waals surface area contributed by atoms with Gasteiger partial charge in [-0.15, -0.1) is 0 Å². The number of carbonyl (C=O) groups is 2. The lowest BCUT2D eigenvalue weighted by Gasteiger charge is -2.10. The molecule has 0 spiro atoms. The first-order valence-corrected chi connectivity index (χ1v) is 4.26. The van der Waals surface area contributed by atoms with E-state index in [-0.39, 0.29) is 18.9 Å². The van der Waals surface area contributed by atoms with Gasteiger partial charge in [0.25, 0.3) is 0 Å². The monoisotopic (exact) mass is 211 g/mol. The maximum atomic E-state index is 10.7. The Kier molecular flexibility index (Phi) is 1.88. The minimum absolute atomic E-state index is 0.0509. The van der Waals surface area contributed by atoms with Crippen molar-refractivity contribution in [3.8, 4) is 0 Å². The predicted octanol–water partition coefficient (Wildman–Crippen LogP) is 0.112. The number of fused-ring (bicyclic) bond motifs is 1. The van der Waals surface area contributed by atoms with Gasteiger partial charge in [0.05, 0.1) is 24.5 Å². The summed E-state index contributed by atoms with van der Waals surface area (Å²) >= 11 is 0. The molecular formula is C8H9N3O4. The van der Waals surface area contributed by atoms with Crippen LogP contribution in [0.25, 0.3) is 0 Å². The van der Waals surface area contributed by atoms with Crippen LogP contribution in [-0.2, 0) is 20.1 Å². The minimum Gasteiger partial charge on any atom is -0.475 e. The maximum absolute atomic E-state index is 10.7. The summed E-state index contributed by atoms with van der Waals surface area (Å²) in [7, 11) is 1.57. The number of nitrogens with zero attached hydrogens (tertiary/aromatic N) is 3. The lowest BCUT2D eigenvalue weighted by atomic mass is 10.4. The Bertz CT molecular complexity index is 451. The van der Waals surface area contributed by atoms with Gasteiger partial charge in [-0.3, -0.25) is 4.90 Å². The summed E-state index contributed by atoms with van der Waals surface area (Å²) in [6, 6.07) is 0. The smallest absolute Gasteiger partial charge is 0.408 e. The first-order chi connectivity index (χ1) is 7.00. The maximum Gasteiger partial charge on any atom is 0.408 e. The zero-order chi connectivity index (χ0) is 11.2. The molecule has 0 radical (unpaired) electrons. The average Bonchev–Trinajstić information content (AvgIpc) is 2.65. The molecule has 15 heavy (non-hydrogen) atoms. The van der Waals surface area contributed by atoms with E-state index in [0.717, 1.165) is 0 Å². The Hall–Kier alpha value is -2.05. The van der Waals surface area contributed by atoms with E-state index in [1.807, 2.05) is 0 Å². The molecule has 2 heterocycles. The summed E-state index contributed by atoms with van der Waals surface area (Å²) in [5, 5.41) is 17.5. The van der Waals surface area contributed by atoms with E-state index in [1.54, 1.807) is 7.05 Å². The Morgan fingerprint density at radius 1 is 1.33 bits per heavy atom. The summed E-state index contributed by atoms with van der Waals surface area (Å²) in [6.45, 7) is 0.354. The summed E-state index contributed by atoms with van der Waals surface area (Å²) < 4.78 is 1.42. The third kappa shape index (κ3) is 1.32. The van der Waals surface area contributed by atoms with Crippen LogP contribution in [0.3, 0.4) is 0 Å². The van der Waals surface area contributed by atoms with Gasteiger partial charge in [0.1, 0.15) is 0 Å².